The van der Waals surface area contributed by atoms with Gasteiger partial charge in [-0.3, -0.25) is 9.59 Å². The van der Waals surface area contributed by atoms with Gasteiger partial charge in [-0.25, -0.2) is 0 Å². The van der Waals surface area contributed by atoms with Gasteiger partial charge in [0.2, 0.25) is 0 Å². The van der Waals surface area contributed by atoms with E-state index in [1.54, 1.807) is 6.08 Å². The van der Waals surface area contributed by atoms with Gasteiger partial charge in [0, 0.05) is 29.0 Å². The van der Waals surface area contributed by atoms with Gasteiger partial charge in [-0.1, -0.05) is 54.6 Å². The van der Waals surface area contributed by atoms with Crippen LogP contribution in [0.3, 0.4) is 0 Å². The van der Waals surface area contributed by atoms with Crippen molar-refractivity contribution in [2.24, 2.45) is 0 Å². The minimum absolute atomic E-state index is 0.0560. The minimum atomic E-state index is -0.0616. The van der Waals surface area contributed by atoms with Gasteiger partial charge in [-0.15, -0.1) is 0 Å². The quantitative estimate of drug-likeness (QED) is 0.315. The molecule has 0 radical (unpaired) electrons. The Morgan fingerprint density at radius 1 is 0.812 bits per heavy atom. The average molecular weight is 408 g/mol. The molecular formula is C30H16O2. The first-order valence-corrected chi connectivity index (χ1v) is 11.0. The second-order valence-electron chi connectivity index (χ2n) is 9.14. The second-order valence-corrected chi connectivity index (χ2v) is 9.14. The summed E-state index contributed by atoms with van der Waals surface area (Å²) in [7, 11) is 0. The lowest BCUT2D eigenvalue weighted by molar-refractivity contribution is -0.114. The highest BCUT2D eigenvalue weighted by molar-refractivity contribution is 6.42. The fourth-order valence-corrected chi connectivity index (χ4v) is 6.25. The molecule has 4 aromatic rings. The fourth-order valence-electron chi connectivity index (χ4n) is 6.25. The molecule has 0 spiro atoms. The van der Waals surface area contributed by atoms with Gasteiger partial charge in [-0.05, 0) is 78.2 Å². The van der Waals surface area contributed by atoms with Gasteiger partial charge in [0.05, 0.1) is 0 Å². The summed E-state index contributed by atoms with van der Waals surface area (Å²) in [6.07, 6.45) is 10.4. The van der Waals surface area contributed by atoms with E-state index in [0.29, 0.717) is 6.42 Å². The first-order chi connectivity index (χ1) is 15.7. The lowest BCUT2D eigenvalue weighted by Gasteiger charge is -2.32. The van der Waals surface area contributed by atoms with Gasteiger partial charge < -0.3 is 0 Å². The van der Waals surface area contributed by atoms with E-state index in [2.05, 4.69) is 60.7 Å². The molecule has 0 saturated heterocycles. The van der Waals surface area contributed by atoms with E-state index >= 15 is 0 Å². The molecule has 1 unspecified atom stereocenters. The Morgan fingerprint density at radius 2 is 1.72 bits per heavy atom. The Bertz CT molecular complexity index is 1880. The van der Waals surface area contributed by atoms with Crippen molar-refractivity contribution in [2.75, 3.05) is 0 Å². The number of Topliss-reactive ketones (excluding diaryl/α,β-unsaturated/α-hetero) is 2. The number of fused-ring (bicyclic) bond motifs is 3. The second kappa shape index (κ2) is 5.41. The molecule has 2 nitrogen and oxygen atoms in total. The van der Waals surface area contributed by atoms with E-state index in [1.165, 1.54) is 27.1 Å². The number of rotatable bonds is 0. The number of allylic oxidation sites excluding steroid dienone is 6. The van der Waals surface area contributed by atoms with Crippen LogP contribution >= 0.6 is 0 Å². The number of hydrogen-bond donors (Lipinski definition) is 0. The van der Waals surface area contributed by atoms with Gasteiger partial charge >= 0.3 is 0 Å². The monoisotopic (exact) mass is 408 g/mol. The molecule has 0 fully saturated rings. The van der Waals surface area contributed by atoms with Crippen LogP contribution in [0.25, 0.3) is 50.0 Å². The van der Waals surface area contributed by atoms with Crippen LogP contribution in [0.15, 0.2) is 77.9 Å². The first-order valence-electron chi connectivity index (χ1n) is 11.0. The van der Waals surface area contributed by atoms with Gasteiger partial charge in [0.1, 0.15) is 0 Å². The van der Waals surface area contributed by atoms with E-state index in [4.69, 9.17) is 0 Å². The van der Waals surface area contributed by atoms with Crippen molar-refractivity contribution in [3.8, 4) is 0 Å². The molecule has 0 aliphatic heterocycles. The van der Waals surface area contributed by atoms with E-state index in [-0.39, 0.29) is 17.5 Å². The maximum absolute atomic E-state index is 13.4. The van der Waals surface area contributed by atoms with Crippen LogP contribution in [-0.4, -0.2) is 11.6 Å². The van der Waals surface area contributed by atoms with E-state index in [0.717, 1.165) is 43.5 Å². The Kier molecular flexibility index (Phi) is 2.81. The zero-order chi connectivity index (χ0) is 21.1. The third-order valence-electron chi connectivity index (χ3n) is 7.54. The number of ketones is 2. The maximum atomic E-state index is 13.4. The van der Waals surface area contributed by atoms with Gasteiger partial charge in [-0.2, -0.15) is 0 Å². The standard InChI is InChI=1S/C30H16O2/c31-25-7-3-6-20-21(25)11-16-8-9-17-12-22-19-5-2-1-4-15(19)10-18-13-26(32)24-14-23(20)27(16)29(17)30(24)28(18)22/h1-6,8-14,23H,7H2. The highest BCUT2D eigenvalue weighted by atomic mass is 16.1. The molecule has 1 atom stereocenters. The predicted molar refractivity (Wildman–Crippen MR) is 129 cm³/mol. The van der Waals surface area contributed by atoms with Crippen molar-refractivity contribution in [1.82, 2.24) is 0 Å². The first kappa shape index (κ1) is 16.6. The zero-order valence-corrected chi connectivity index (χ0v) is 17.1. The minimum Gasteiger partial charge on any atom is -0.294 e. The summed E-state index contributed by atoms with van der Waals surface area (Å²) in [4.78, 5) is 26.1. The average Bonchev–Trinajstić information content (AvgIpc) is 2.81. The van der Waals surface area contributed by atoms with Crippen molar-refractivity contribution < 1.29 is 9.59 Å². The van der Waals surface area contributed by atoms with Crippen LogP contribution in [0, 0.1) is 0 Å². The Hall–Kier alpha value is -4.04. The molecule has 4 aliphatic rings. The summed E-state index contributed by atoms with van der Waals surface area (Å²) in [6, 6.07) is 17.1. The molecule has 4 aromatic carbocycles. The van der Waals surface area contributed by atoms with Crippen LogP contribution in [0.1, 0.15) is 23.5 Å². The summed E-state index contributed by atoms with van der Waals surface area (Å²) in [6.45, 7) is 0. The molecule has 0 amide bonds. The molecule has 0 bridgehead atoms. The van der Waals surface area contributed by atoms with E-state index in [9.17, 15) is 9.59 Å². The summed E-state index contributed by atoms with van der Waals surface area (Å²) < 4.78 is 0. The Balaban J connectivity index is 1.65. The summed E-state index contributed by atoms with van der Waals surface area (Å²) in [5, 5.41) is 9.15. The maximum Gasteiger partial charge on any atom is 0.186 e. The van der Waals surface area contributed by atoms with E-state index < -0.39 is 0 Å². The van der Waals surface area contributed by atoms with Crippen molar-refractivity contribution in [3.63, 3.8) is 0 Å². The number of carbonyl (C=O) groups is 2. The Morgan fingerprint density at radius 3 is 2.66 bits per heavy atom. The number of hydrogen-bond acceptors (Lipinski definition) is 2. The van der Waals surface area contributed by atoms with Gasteiger partial charge in [0.25, 0.3) is 0 Å². The van der Waals surface area contributed by atoms with Crippen molar-refractivity contribution in [3.05, 3.63) is 99.5 Å². The fraction of sp³-hybridized carbons (Fsp3) is 0.0667. The van der Waals surface area contributed by atoms with Crippen molar-refractivity contribution in [1.29, 1.82) is 0 Å². The van der Waals surface area contributed by atoms with Crippen LogP contribution in [-0.2, 0) is 9.59 Å². The molecule has 0 heterocycles. The summed E-state index contributed by atoms with van der Waals surface area (Å²) >= 11 is 0. The number of carbonyl (C=O) groups excluding carboxylic acids is 2. The molecule has 8 rings (SSSR count). The molecule has 32 heavy (non-hydrogen) atoms. The highest BCUT2D eigenvalue weighted by Crippen LogP contribution is 2.47. The molecule has 2 heteroatoms. The largest absolute Gasteiger partial charge is 0.294 e. The molecule has 148 valence electrons. The molecule has 0 N–H and O–H groups in total. The summed E-state index contributed by atoms with van der Waals surface area (Å²) in [5.74, 6) is 0.153. The van der Waals surface area contributed by atoms with Crippen LogP contribution in [0.2, 0.25) is 0 Å². The summed E-state index contributed by atoms with van der Waals surface area (Å²) in [5.41, 5.74) is 4.90. The van der Waals surface area contributed by atoms with Crippen molar-refractivity contribution >= 4 is 61.6 Å². The normalized spacial score (nSPS) is 20.0. The van der Waals surface area contributed by atoms with Crippen LogP contribution in [0.4, 0.5) is 0 Å². The van der Waals surface area contributed by atoms with Crippen LogP contribution < -0.4 is 10.4 Å². The Labute approximate surface area is 183 Å². The third-order valence-corrected chi connectivity index (χ3v) is 7.54. The lowest BCUT2D eigenvalue weighted by Crippen LogP contribution is -2.28. The third kappa shape index (κ3) is 1.83. The van der Waals surface area contributed by atoms with E-state index in [1.807, 2.05) is 12.1 Å². The topological polar surface area (TPSA) is 34.1 Å². The lowest BCUT2D eigenvalue weighted by atomic mass is 9.70. The number of benzene rings is 4. The van der Waals surface area contributed by atoms with Crippen molar-refractivity contribution in [2.45, 2.75) is 12.3 Å². The van der Waals surface area contributed by atoms with Gasteiger partial charge in [0.15, 0.2) is 11.6 Å². The smallest absolute Gasteiger partial charge is 0.186 e. The molecule has 0 saturated carbocycles. The zero-order valence-electron chi connectivity index (χ0n) is 17.1. The van der Waals surface area contributed by atoms with Crippen LogP contribution in [0.5, 0.6) is 0 Å². The molecule has 4 aliphatic carbocycles. The molecule has 0 aromatic heterocycles. The SMILES string of the molecule is O=C1C=c2cc3ccccc3c3cc4ccc5c6c4c(c23)C1=CC6C1=C(C=5)C(=O)CC=C1. The predicted octanol–water partition coefficient (Wildman–Crippen LogP) is 4.61. The molecular weight excluding hydrogens is 392 g/mol. The highest BCUT2D eigenvalue weighted by Gasteiger charge is 2.35.